The highest BCUT2D eigenvalue weighted by molar-refractivity contribution is 6.07. The van der Waals surface area contributed by atoms with Gasteiger partial charge in [0.05, 0.1) is 0 Å². The second-order valence-corrected chi connectivity index (χ2v) is 9.74. The SMILES string of the molecule is Cc1ccc(N2CCC3(CCC(C=O)CC3)CC2)cc1C(=O)N(C=O)C1CCC(=O)NC1=O. The Hall–Kier alpha value is -3.03. The highest BCUT2D eigenvalue weighted by atomic mass is 16.2. The average Bonchev–Trinajstić information content (AvgIpc) is 2.82. The number of aldehydes is 1. The van der Waals surface area contributed by atoms with Crippen LogP contribution in [0.2, 0.25) is 0 Å². The van der Waals surface area contributed by atoms with Gasteiger partial charge in [-0.1, -0.05) is 6.07 Å². The van der Waals surface area contributed by atoms with Crippen molar-refractivity contribution in [1.82, 2.24) is 10.2 Å². The van der Waals surface area contributed by atoms with Crippen LogP contribution in [0, 0.1) is 18.3 Å². The van der Waals surface area contributed by atoms with Crippen LogP contribution in [-0.2, 0) is 19.2 Å². The van der Waals surface area contributed by atoms with Crippen LogP contribution in [0.25, 0.3) is 0 Å². The Morgan fingerprint density at radius 2 is 1.79 bits per heavy atom. The van der Waals surface area contributed by atoms with Gasteiger partial charge in [0.2, 0.25) is 18.2 Å². The monoisotopic (exact) mass is 453 g/mol. The number of benzene rings is 1. The summed E-state index contributed by atoms with van der Waals surface area (Å²) in [5.41, 5.74) is 2.36. The zero-order chi connectivity index (χ0) is 23.6. The van der Waals surface area contributed by atoms with E-state index >= 15 is 0 Å². The molecule has 1 saturated carbocycles. The Labute approximate surface area is 193 Å². The molecule has 0 aromatic heterocycles. The minimum atomic E-state index is -0.980. The van der Waals surface area contributed by atoms with Crippen molar-refractivity contribution >= 4 is 36.1 Å². The van der Waals surface area contributed by atoms with Gasteiger partial charge in [-0.2, -0.15) is 0 Å². The van der Waals surface area contributed by atoms with Crippen molar-refractivity contribution in [2.45, 2.75) is 64.3 Å². The Morgan fingerprint density at radius 1 is 1.09 bits per heavy atom. The van der Waals surface area contributed by atoms with E-state index in [2.05, 4.69) is 10.2 Å². The number of rotatable bonds is 5. The highest BCUT2D eigenvalue weighted by Crippen LogP contribution is 2.46. The molecular formula is C25H31N3O5. The second-order valence-electron chi connectivity index (χ2n) is 9.74. The predicted molar refractivity (Wildman–Crippen MR) is 121 cm³/mol. The zero-order valence-corrected chi connectivity index (χ0v) is 19.0. The van der Waals surface area contributed by atoms with E-state index in [-0.39, 0.29) is 18.8 Å². The molecule has 2 heterocycles. The molecular weight excluding hydrogens is 422 g/mol. The molecule has 8 nitrogen and oxygen atoms in total. The van der Waals surface area contributed by atoms with Crippen LogP contribution in [0.4, 0.5) is 5.69 Å². The zero-order valence-electron chi connectivity index (χ0n) is 19.0. The fourth-order valence-corrected chi connectivity index (χ4v) is 5.51. The number of anilines is 1. The summed E-state index contributed by atoms with van der Waals surface area (Å²) in [6, 6.07) is 4.69. The summed E-state index contributed by atoms with van der Waals surface area (Å²) in [5.74, 6) is -1.33. The molecule has 1 atom stereocenters. The summed E-state index contributed by atoms with van der Waals surface area (Å²) in [6.45, 7) is 3.57. The van der Waals surface area contributed by atoms with Gasteiger partial charge < -0.3 is 9.69 Å². The fourth-order valence-electron chi connectivity index (χ4n) is 5.51. The number of piperidine rings is 2. The van der Waals surface area contributed by atoms with Gasteiger partial charge in [-0.3, -0.25) is 29.4 Å². The van der Waals surface area contributed by atoms with Crippen LogP contribution < -0.4 is 10.2 Å². The van der Waals surface area contributed by atoms with Gasteiger partial charge in [0.1, 0.15) is 12.3 Å². The maximum absolute atomic E-state index is 13.2. The van der Waals surface area contributed by atoms with Crippen molar-refractivity contribution in [3.05, 3.63) is 29.3 Å². The molecule has 0 radical (unpaired) electrons. The van der Waals surface area contributed by atoms with Crippen LogP contribution in [0.15, 0.2) is 18.2 Å². The number of hydrogen-bond donors (Lipinski definition) is 1. The average molecular weight is 454 g/mol. The molecule has 8 heteroatoms. The number of carbonyl (C=O) groups is 5. The third kappa shape index (κ3) is 4.70. The number of aryl methyl sites for hydroxylation is 1. The minimum Gasteiger partial charge on any atom is -0.371 e. The second kappa shape index (κ2) is 9.45. The maximum atomic E-state index is 13.2. The van der Waals surface area contributed by atoms with E-state index in [0.717, 1.165) is 74.1 Å². The molecule has 3 aliphatic rings. The van der Waals surface area contributed by atoms with E-state index in [4.69, 9.17) is 0 Å². The van der Waals surface area contributed by atoms with Gasteiger partial charge in [0.25, 0.3) is 5.91 Å². The van der Waals surface area contributed by atoms with E-state index in [0.29, 0.717) is 17.4 Å². The van der Waals surface area contributed by atoms with Gasteiger partial charge in [-0.15, -0.1) is 0 Å². The van der Waals surface area contributed by atoms with Crippen LogP contribution in [0.3, 0.4) is 0 Å². The summed E-state index contributed by atoms with van der Waals surface area (Å²) in [4.78, 5) is 62.9. The Bertz CT molecular complexity index is 957. The van der Waals surface area contributed by atoms with E-state index < -0.39 is 23.8 Å². The molecule has 1 aliphatic carbocycles. The summed E-state index contributed by atoms with van der Waals surface area (Å²) < 4.78 is 0. The number of nitrogens with one attached hydrogen (secondary N) is 1. The topological polar surface area (TPSA) is 104 Å². The van der Waals surface area contributed by atoms with Gasteiger partial charge in [-0.25, -0.2) is 0 Å². The van der Waals surface area contributed by atoms with E-state index in [1.54, 1.807) is 13.0 Å². The van der Waals surface area contributed by atoms with Crippen LogP contribution in [0.1, 0.15) is 67.3 Å². The number of carbonyl (C=O) groups excluding carboxylic acids is 5. The summed E-state index contributed by atoms with van der Waals surface area (Å²) in [5, 5.41) is 2.20. The Balaban J connectivity index is 1.47. The van der Waals surface area contributed by atoms with Crippen molar-refractivity contribution < 1.29 is 24.0 Å². The molecule has 3 fully saturated rings. The fraction of sp³-hybridized carbons (Fsp3) is 0.560. The lowest BCUT2D eigenvalue weighted by atomic mass is 9.65. The largest absolute Gasteiger partial charge is 0.371 e. The molecule has 0 bridgehead atoms. The number of amides is 4. The number of nitrogens with zero attached hydrogens (tertiary/aromatic N) is 2. The van der Waals surface area contributed by atoms with Gasteiger partial charge >= 0.3 is 0 Å². The highest BCUT2D eigenvalue weighted by Gasteiger charge is 2.39. The first-order valence-corrected chi connectivity index (χ1v) is 11.8. The first kappa shape index (κ1) is 23.1. The van der Waals surface area contributed by atoms with Crippen molar-refractivity contribution in [2.24, 2.45) is 11.3 Å². The van der Waals surface area contributed by atoms with E-state index in [1.807, 2.05) is 12.1 Å². The molecule has 1 spiro atoms. The molecule has 4 rings (SSSR count). The minimum absolute atomic E-state index is 0.0934. The van der Waals surface area contributed by atoms with Crippen molar-refractivity contribution in [3.63, 3.8) is 0 Å². The molecule has 1 unspecified atom stereocenters. The van der Waals surface area contributed by atoms with E-state index in [9.17, 15) is 24.0 Å². The molecule has 1 aromatic carbocycles. The molecule has 176 valence electrons. The maximum Gasteiger partial charge on any atom is 0.261 e. The first-order valence-electron chi connectivity index (χ1n) is 11.8. The normalized spacial score (nSPS) is 23.2. The smallest absolute Gasteiger partial charge is 0.261 e. The van der Waals surface area contributed by atoms with Gasteiger partial charge in [0.15, 0.2) is 0 Å². The standard InChI is InChI=1S/C25H31N3O5/c1-17-2-3-19(27-12-10-25(11-13-27)8-6-18(15-29)7-9-25)14-20(17)24(33)28(16-30)21-4-5-22(31)26-23(21)32/h2-3,14-16,18,21H,4-13H2,1H3,(H,26,31,32). The van der Waals surface area contributed by atoms with Crippen molar-refractivity contribution in [3.8, 4) is 0 Å². The Kier molecular flexibility index (Phi) is 6.63. The lowest BCUT2D eigenvalue weighted by molar-refractivity contribution is -0.139. The van der Waals surface area contributed by atoms with Crippen LogP contribution in [0.5, 0.6) is 0 Å². The van der Waals surface area contributed by atoms with Crippen molar-refractivity contribution in [2.75, 3.05) is 18.0 Å². The molecule has 4 amide bonds. The number of hydrogen-bond acceptors (Lipinski definition) is 6. The predicted octanol–water partition coefficient (Wildman–Crippen LogP) is 2.37. The summed E-state index contributed by atoms with van der Waals surface area (Å²) in [6.07, 6.45) is 7.99. The van der Waals surface area contributed by atoms with Crippen LogP contribution >= 0.6 is 0 Å². The summed E-state index contributed by atoms with van der Waals surface area (Å²) >= 11 is 0. The molecule has 33 heavy (non-hydrogen) atoms. The van der Waals surface area contributed by atoms with E-state index in [1.165, 1.54) is 0 Å². The van der Waals surface area contributed by atoms with Gasteiger partial charge in [-0.05, 0) is 75.0 Å². The number of imide groups is 2. The molecule has 2 aliphatic heterocycles. The third-order valence-electron chi connectivity index (χ3n) is 7.82. The molecule has 2 saturated heterocycles. The summed E-state index contributed by atoms with van der Waals surface area (Å²) in [7, 11) is 0. The third-order valence-corrected chi connectivity index (χ3v) is 7.82. The van der Waals surface area contributed by atoms with Crippen molar-refractivity contribution in [1.29, 1.82) is 0 Å². The quantitative estimate of drug-likeness (QED) is 0.542. The molecule has 1 aromatic rings. The van der Waals surface area contributed by atoms with Gasteiger partial charge in [0, 0.05) is 36.7 Å². The van der Waals surface area contributed by atoms with Crippen LogP contribution in [-0.4, -0.2) is 54.4 Å². The first-order chi connectivity index (χ1) is 15.9. The lowest BCUT2D eigenvalue weighted by Gasteiger charge is -2.46. The Morgan fingerprint density at radius 3 is 2.39 bits per heavy atom. The lowest BCUT2D eigenvalue weighted by Crippen LogP contribution is -2.54. The molecule has 1 N–H and O–H groups in total.